The van der Waals surface area contributed by atoms with Crippen molar-refractivity contribution < 1.29 is 18.7 Å². The summed E-state index contributed by atoms with van der Waals surface area (Å²) >= 11 is 0. The van der Waals surface area contributed by atoms with Crippen molar-refractivity contribution in [1.82, 2.24) is 4.57 Å². The summed E-state index contributed by atoms with van der Waals surface area (Å²) < 4.78 is 29.1. The van der Waals surface area contributed by atoms with Gasteiger partial charge < -0.3 is 15.4 Å². The number of carboxylic acid groups (broad SMARTS) is 1. The molecule has 1 aromatic heterocycles. The van der Waals surface area contributed by atoms with Crippen LogP contribution in [-0.4, -0.2) is 21.8 Å². The predicted octanol–water partition coefficient (Wildman–Crippen LogP) is 2.32. The number of pyridine rings is 1. The van der Waals surface area contributed by atoms with E-state index in [-0.39, 0.29) is 17.4 Å². The Hall–Kier alpha value is -2.44. The van der Waals surface area contributed by atoms with E-state index in [4.69, 9.17) is 10.8 Å². The molecule has 3 rings (SSSR count). The minimum Gasteiger partial charge on any atom is -0.477 e. The highest BCUT2D eigenvalue weighted by Gasteiger charge is 2.40. The smallest absolute Gasteiger partial charge is 0.341 e. The van der Waals surface area contributed by atoms with Crippen LogP contribution in [-0.2, 0) is 0 Å². The SMILES string of the molecule is Cc1c(F)c(N)c2c(=O)c(C(=O)O)cn([C@@H]3C[C@@H]3F)c2c1C. The Morgan fingerprint density at radius 1 is 1.41 bits per heavy atom. The second-order valence-electron chi connectivity index (χ2n) is 5.60. The molecule has 1 saturated carbocycles. The number of alkyl halides is 1. The number of aryl methyl sites for hydroxylation is 1. The Labute approximate surface area is 124 Å². The molecule has 1 fully saturated rings. The quantitative estimate of drug-likeness (QED) is 0.834. The van der Waals surface area contributed by atoms with Gasteiger partial charge in [-0.25, -0.2) is 13.6 Å². The maximum absolute atomic E-state index is 14.2. The van der Waals surface area contributed by atoms with Crippen molar-refractivity contribution in [3.05, 3.63) is 38.9 Å². The first-order valence-corrected chi connectivity index (χ1v) is 6.76. The van der Waals surface area contributed by atoms with Crippen LogP contribution >= 0.6 is 0 Å². The Morgan fingerprint density at radius 3 is 2.50 bits per heavy atom. The number of carbonyl (C=O) groups is 1. The molecule has 1 aliphatic rings. The van der Waals surface area contributed by atoms with Crippen LogP contribution in [0.4, 0.5) is 14.5 Å². The van der Waals surface area contributed by atoms with Gasteiger partial charge in [0.2, 0.25) is 5.43 Å². The Bertz CT molecular complexity index is 889. The fourth-order valence-electron chi connectivity index (χ4n) is 2.77. The summed E-state index contributed by atoms with van der Waals surface area (Å²) in [7, 11) is 0. The van der Waals surface area contributed by atoms with Crippen molar-refractivity contribution in [3.8, 4) is 0 Å². The molecule has 0 saturated heterocycles. The number of anilines is 1. The highest BCUT2D eigenvalue weighted by atomic mass is 19.1. The number of nitrogens with two attached hydrogens (primary N) is 1. The van der Waals surface area contributed by atoms with E-state index in [1.54, 1.807) is 6.92 Å². The van der Waals surface area contributed by atoms with Gasteiger partial charge in [-0.3, -0.25) is 4.79 Å². The molecule has 116 valence electrons. The van der Waals surface area contributed by atoms with Gasteiger partial charge in [0.25, 0.3) is 0 Å². The zero-order valence-electron chi connectivity index (χ0n) is 12.0. The van der Waals surface area contributed by atoms with E-state index < -0.39 is 40.7 Å². The summed E-state index contributed by atoms with van der Waals surface area (Å²) in [5.41, 5.74) is 4.94. The lowest BCUT2D eigenvalue weighted by atomic mass is 10.00. The molecule has 5 nitrogen and oxygen atoms in total. The first-order valence-electron chi connectivity index (χ1n) is 6.76. The van der Waals surface area contributed by atoms with Gasteiger partial charge in [0.05, 0.1) is 22.6 Å². The Balaban J connectivity index is 2.56. The molecule has 7 heteroatoms. The van der Waals surface area contributed by atoms with Gasteiger partial charge in [-0.15, -0.1) is 0 Å². The third-order valence-corrected chi connectivity index (χ3v) is 4.26. The summed E-state index contributed by atoms with van der Waals surface area (Å²) in [6, 6.07) is -0.552. The molecule has 2 aromatic rings. The molecule has 1 heterocycles. The summed E-state index contributed by atoms with van der Waals surface area (Å²) in [4.78, 5) is 23.6. The van der Waals surface area contributed by atoms with E-state index in [0.29, 0.717) is 11.1 Å². The average molecular weight is 308 g/mol. The van der Waals surface area contributed by atoms with Crippen LogP contribution in [0, 0.1) is 19.7 Å². The lowest BCUT2D eigenvalue weighted by Gasteiger charge is -2.17. The molecule has 0 spiro atoms. The van der Waals surface area contributed by atoms with Gasteiger partial charge in [-0.05, 0) is 25.0 Å². The second kappa shape index (κ2) is 4.53. The van der Waals surface area contributed by atoms with Crippen molar-refractivity contribution in [1.29, 1.82) is 0 Å². The minimum atomic E-state index is -1.45. The van der Waals surface area contributed by atoms with Crippen LogP contribution in [0.3, 0.4) is 0 Å². The Morgan fingerprint density at radius 2 is 2.00 bits per heavy atom. The lowest BCUT2D eigenvalue weighted by molar-refractivity contribution is 0.0694. The number of hydrogen-bond donors (Lipinski definition) is 2. The van der Waals surface area contributed by atoms with Gasteiger partial charge >= 0.3 is 5.97 Å². The maximum atomic E-state index is 14.2. The van der Waals surface area contributed by atoms with Crippen molar-refractivity contribution in [3.63, 3.8) is 0 Å². The number of nitrogens with zero attached hydrogens (tertiary/aromatic N) is 1. The number of aromatic nitrogens is 1. The highest BCUT2D eigenvalue weighted by molar-refractivity contribution is 5.99. The van der Waals surface area contributed by atoms with Crippen LogP contribution in [0.1, 0.15) is 33.9 Å². The monoisotopic (exact) mass is 308 g/mol. The Kier molecular flexibility index (Phi) is 2.98. The van der Waals surface area contributed by atoms with Crippen LogP contribution < -0.4 is 11.2 Å². The molecule has 0 unspecified atom stereocenters. The third-order valence-electron chi connectivity index (χ3n) is 4.26. The number of benzene rings is 1. The summed E-state index contributed by atoms with van der Waals surface area (Å²) in [6.07, 6.45) is 0.242. The highest BCUT2D eigenvalue weighted by Crippen LogP contribution is 2.42. The maximum Gasteiger partial charge on any atom is 0.341 e. The molecule has 3 N–H and O–H groups in total. The van der Waals surface area contributed by atoms with Gasteiger partial charge in [-0.2, -0.15) is 0 Å². The molecule has 22 heavy (non-hydrogen) atoms. The van der Waals surface area contributed by atoms with Gasteiger partial charge in [0.1, 0.15) is 17.6 Å². The zero-order chi connectivity index (χ0) is 16.3. The van der Waals surface area contributed by atoms with Crippen LogP contribution in [0.5, 0.6) is 0 Å². The zero-order valence-corrected chi connectivity index (χ0v) is 12.0. The minimum absolute atomic E-state index is 0.195. The molecule has 1 aliphatic carbocycles. The number of hydrogen-bond acceptors (Lipinski definition) is 3. The van der Waals surface area contributed by atoms with Gasteiger partial charge in [0, 0.05) is 12.6 Å². The fourth-order valence-corrected chi connectivity index (χ4v) is 2.77. The summed E-state index contributed by atoms with van der Waals surface area (Å²) in [6.45, 7) is 3.12. The van der Waals surface area contributed by atoms with Crippen molar-refractivity contribution in [2.24, 2.45) is 0 Å². The first-order chi connectivity index (χ1) is 10.3. The largest absolute Gasteiger partial charge is 0.477 e. The van der Waals surface area contributed by atoms with Crippen LogP contribution in [0.25, 0.3) is 10.9 Å². The normalized spacial score (nSPS) is 20.4. The van der Waals surface area contributed by atoms with Crippen LogP contribution in [0.2, 0.25) is 0 Å². The first kappa shape index (κ1) is 14.5. The van der Waals surface area contributed by atoms with Crippen LogP contribution in [0.15, 0.2) is 11.0 Å². The number of carboxylic acids is 1. The number of halogens is 2. The topological polar surface area (TPSA) is 85.3 Å². The fraction of sp³-hybridized carbons (Fsp3) is 0.333. The molecule has 0 radical (unpaired) electrons. The van der Waals surface area contributed by atoms with Gasteiger partial charge in [-0.1, -0.05) is 0 Å². The van der Waals surface area contributed by atoms with Crippen molar-refractivity contribution in [2.75, 3.05) is 5.73 Å². The molecule has 1 aromatic carbocycles. The summed E-state index contributed by atoms with van der Waals surface area (Å²) in [5.74, 6) is -2.20. The van der Waals surface area contributed by atoms with Gasteiger partial charge in [0.15, 0.2) is 0 Å². The van der Waals surface area contributed by atoms with Crippen molar-refractivity contribution >= 4 is 22.6 Å². The van der Waals surface area contributed by atoms with E-state index in [1.165, 1.54) is 11.5 Å². The van der Waals surface area contributed by atoms with E-state index in [9.17, 15) is 18.4 Å². The van der Waals surface area contributed by atoms with E-state index in [0.717, 1.165) is 6.20 Å². The van der Waals surface area contributed by atoms with E-state index >= 15 is 0 Å². The number of nitrogen functional groups attached to an aromatic ring is 1. The lowest BCUT2D eigenvalue weighted by Crippen LogP contribution is -2.21. The third kappa shape index (κ3) is 1.81. The standard InChI is InChI=1S/C15H14F2N2O3/c1-5-6(2)13-10(12(18)11(5)17)14(20)7(15(21)22)4-19(13)9-3-8(9)16/h4,8-9H,3,18H2,1-2H3,(H,21,22)/t8-,9+/m0/s1. The molecule has 0 aliphatic heterocycles. The molecule has 2 atom stereocenters. The number of aromatic carboxylic acids is 1. The number of rotatable bonds is 2. The summed E-state index contributed by atoms with van der Waals surface area (Å²) in [5, 5.41) is 8.97. The molecule has 0 amide bonds. The predicted molar refractivity (Wildman–Crippen MR) is 77.6 cm³/mol. The average Bonchev–Trinajstić information content (AvgIpc) is 3.18. The molecular formula is C15H14F2N2O3. The molecule has 0 bridgehead atoms. The number of fused-ring (bicyclic) bond motifs is 1. The van der Waals surface area contributed by atoms with E-state index in [2.05, 4.69) is 0 Å². The van der Waals surface area contributed by atoms with E-state index in [1.807, 2.05) is 0 Å². The second-order valence-corrected chi connectivity index (χ2v) is 5.60. The molecular weight excluding hydrogens is 294 g/mol. The van der Waals surface area contributed by atoms with Crippen molar-refractivity contribution in [2.45, 2.75) is 32.5 Å².